The van der Waals surface area contributed by atoms with Gasteiger partial charge in [-0.3, -0.25) is 0 Å². The van der Waals surface area contributed by atoms with E-state index in [0.29, 0.717) is 6.04 Å². The number of nitrogens with zero attached hydrogens (tertiary/aromatic N) is 2. The number of anilines is 1. The zero-order valence-electron chi connectivity index (χ0n) is 8.66. The highest BCUT2D eigenvalue weighted by Gasteiger charge is 2.15. The SMILES string of the molecule is CCC(CSC)N(C)c1nc(Br)cs1. The fourth-order valence-corrected chi connectivity index (χ4v) is 3.39. The van der Waals surface area contributed by atoms with Crippen LogP contribution in [0.1, 0.15) is 13.3 Å². The first kappa shape index (κ1) is 12.3. The van der Waals surface area contributed by atoms with Gasteiger partial charge in [-0.05, 0) is 28.6 Å². The van der Waals surface area contributed by atoms with Gasteiger partial charge >= 0.3 is 0 Å². The molecule has 14 heavy (non-hydrogen) atoms. The molecule has 0 saturated carbocycles. The van der Waals surface area contributed by atoms with Gasteiger partial charge < -0.3 is 4.90 Å². The van der Waals surface area contributed by atoms with Crippen LogP contribution in [-0.4, -0.2) is 30.1 Å². The Bertz CT molecular complexity index is 278. The van der Waals surface area contributed by atoms with Crippen LogP contribution in [0.4, 0.5) is 5.13 Å². The van der Waals surface area contributed by atoms with Crippen molar-refractivity contribution in [1.82, 2.24) is 4.98 Å². The van der Waals surface area contributed by atoms with Gasteiger partial charge in [0.2, 0.25) is 0 Å². The molecular formula is C9H15BrN2S2. The van der Waals surface area contributed by atoms with Gasteiger partial charge in [0.1, 0.15) is 4.60 Å². The minimum Gasteiger partial charge on any atom is -0.347 e. The molecule has 0 fully saturated rings. The maximum Gasteiger partial charge on any atom is 0.186 e. The van der Waals surface area contributed by atoms with E-state index in [2.05, 4.69) is 46.0 Å². The van der Waals surface area contributed by atoms with Crippen molar-refractivity contribution in [3.63, 3.8) is 0 Å². The first-order valence-corrected chi connectivity index (χ1v) is 7.58. The molecule has 1 aromatic heterocycles. The summed E-state index contributed by atoms with van der Waals surface area (Å²) in [6, 6.07) is 0.586. The molecule has 0 N–H and O–H groups in total. The van der Waals surface area contributed by atoms with E-state index in [1.54, 1.807) is 11.3 Å². The molecule has 0 amide bonds. The van der Waals surface area contributed by atoms with Crippen LogP contribution in [0.15, 0.2) is 9.98 Å². The lowest BCUT2D eigenvalue weighted by Crippen LogP contribution is -2.32. The molecule has 0 spiro atoms. The first-order chi connectivity index (χ1) is 6.69. The van der Waals surface area contributed by atoms with Gasteiger partial charge in [0.05, 0.1) is 0 Å². The highest BCUT2D eigenvalue weighted by Crippen LogP contribution is 2.25. The summed E-state index contributed by atoms with van der Waals surface area (Å²) >= 11 is 6.95. The molecule has 1 unspecified atom stereocenters. The van der Waals surface area contributed by atoms with Gasteiger partial charge in [0.15, 0.2) is 5.13 Å². The van der Waals surface area contributed by atoms with Crippen molar-refractivity contribution in [3.8, 4) is 0 Å². The number of hydrogen-bond acceptors (Lipinski definition) is 4. The van der Waals surface area contributed by atoms with Gasteiger partial charge in [0.25, 0.3) is 0 Å². The number of thioether (sulfide) groups is 1. The lowest BCUT2D eigenvalue weighted by Gasteiger charge is -2.25. The molecule has 0 aliphatic heterocycles. The Kier molecular flexibility index (Phi) is 5.26. The fraction of sp³-hybridized carbons (Fsp3) is 0.667. The monoisotopic (exact) mass is 294 g/mol. The maximum absolute atomic E-state index is 4.41. The summed E-state index contributed by atoms with van der Waals surface area (Å²) in [5.74, 6) is 1.16. The van der Waals surface area contributed by atoms with E-state index in [4.69, 9.17) is 0 Å². The Morgan fingerprint density at radius 3 is 2.86 bits per heavy atom. The van der Waals surface area contributed by atoms with E-state index >= 15 is 0 Å². The van der Waals surface area contributed by atoms with Crippen LogP contribution >= 0.6 is 39.0 Å². The zero-order chi connectivity index (χ0) is 10.6. The second-order valence-electron chi connectivity index (χ2n) is 3.08. The van der Waals surface area contributed by atoms with Crippen LogP contribution in [0.3, 0.4) is 0 Å². The van der Waals surface area contributed by atoms with Crippen molar-refractivity contribution < 1.29 is 0 Å². The minimum absolute atomic E-state index is 0.586. The molecule has 0 aliphatic carbocycles. The molecule has 1 rings (SSSR count). The van der Waals surface area contributed by atoms with Gasteiger partial charge in [-0.25, -0.2) is 4.98 Å². The largest absolute Gasteiger partial charge is 0.347 e. The van der Waals surface area contributed by atoms with Gasteiger partial charge in [-0.1, -0.05) is 6.92 Å². The Morgan fingerprint density at radius 2 is 2.43 bits per heavy atom. The minimum atomic E-state index is 0.586. The number of hydrogen-bond donors (Lipinski definition) is 0. The summed E-state index contributed by atoms with van der Waals surface area (Å²) < 4.78 is 0.934. The van der Waals surface area contributed by atoms with E-state index in [1.807, 2.05) is 17.1 Å². The smallest absolute Gasteiger partial charge is 0.186 e. The molecule has 2 nitrogen and oxygen atoms in total. The van der Waals surface area contributed by atoms with Crippen molar-refractivity contribution in [2.24, 2.45) is 0 Å². The lowest BCUT2D eigenvalue weighted by molar-refractivity contribution is 0.671. The normalized spacial score (nSPS) is 12.9. The summed E-state index contributed by atoms with van der Waals surface area (Å²) in [6.45, 7) is 2.22. The van der Waals surface area contributed by atoms with Gasteiger partial charge in [-0.2, -0.15) is 11.8 Å². The molecule has 80 valence electrons. The average molecular weight is 295 g/mol. The molecule has 0 saturated heterocycles. The van der Waals surface area contributed by atoms with E-state index < -0.39 is 0 Å². The average Bonchev–Trinajstić information content (AvgIpc) is 2.60. The highest BCUT2D eigenvalue weighted by atomic mass is 79.9. The Balaban J connectivity index is 2.66. The van der Waals surface area contributed by atoms with Crippen LogP contribution in [-0.2, 0) is 0 Å². The van der Waals surface area contributed by atoms with E-state index in [1.165, 1.54) is 0 Å². The fourth-order valence-electron chi connectivity index (χ4n) is 1.26. The molecule has 1 aromatic rings. The predicted octanol–water partition coefficient (Wildman–Crippen LogP) is 3.48. The predicted molar refractivity (Wildman–Crippen MR) is 70.7 cm³/mol. The van der Waals surface area contributed by atoms with Crippen LogP contribution in [0, 0.1) is 0 Å². The van der Waals surface area contributed by atoms with E-state index in [-0.39, 0.29) is 0 Å². The summed E-state index contributed by atoms with van der Waals surface area (Å²) in [4.78, 5) is 6.68. The molecule has 1 atom stereocenters. The van der Waals surface area contributed by atoms with Crippen LogP contribution in [0.5, 0.6) is 0 Å². The standard InChI is InChI=1S/C9H15BrN2S2/c1-4-7(5-13-3)12(2)9-11-8(10)6-14-9/h6-7H,4-5H2,1-3H3. The molecule has 0 bridgehead atoms. The number of rotatable bonds is 5. The van der Waals surface area contributed by atoms with Crippen molar-refractivity contribution in [3.05, 3.63) is 9.98 Å². The lowest BCUT2D eigenvalue weighted by atomic mass is 10.2. The van der Waals surface area contributed by atoms with Gasteiger partial charge in [-0.15, -0.1) is 11.3 Å². The topological polar surface area (TPSA) is 16.1 Å². The quantitative estimate of drug-likeness (QED) is 0.827. The molecule has 0 radical (unpaired) electrons. The second-order valence-corrected chi connectivity index (χ2v) is 5.64. The third-order valence-corrected chi connectivity index (χ3v) is 4.50. The summed E-state index contributed by atoms with van der Waals surface area (Å²) in [5, 5.41) is 3.12. The Hall–Kier alpha value is 0.260. The van der Waals surface area contributed by atoms with Crippen molar-refractivity contribution in [2.75, 3.05) is 24.0 Å². The Morgan fingerprint density at radius 1 is 1.71 bits per heavy atom. The number of halogens is 1. The van der Waals surface area contributed by atoms with E-state index in [0.717, 1.165) is 21.9 Å². The summed E-state index contributed by atoms with van der Waals surface area (Å²) in [6.07, 6.45) is 3.31. The zero-order valence-corrected chi connectivity index (χ0v) is 11.9. The van der Waals surface area contributed by atoms with Crippen LogP contribution in [0.25, 0.3) is 0 Å². The molecule has 1 heterocycles. The van der Waals surface area contributed by atoms with Gasteiger partial charge in [0, 0.05) is 24.2 Å². The summed E-state index contributed by atoms with van der Waals surface area (Å²) in [5.41, 5.74) is 0. The van der Waals surface area contributed by atoms with Crippen LogP contribution < -0.4 is 4.90 Å². The van der Waals surface area contributed by atoms with E-state index in [9.17, 15) is 0 Å². The second kappa shape index (κ2) is 5.98. The maximum atomic E-state index is 4.41. The van der Waals surface area contributed by atoms with Crippen molar-refractivity contribution in [2.45, 2.75) is 19.4 Å². The summed E-state index contributed by atoms with van der Waals surface area (Å²) in [7, 11) is 2.12. The number of thiazole rings is 1. The molecular weight excluding hydrogens is 280 g/mol. The highest BCUT2D eigenvalue weighted by molar-refractivity contribution is 9.10. The van der Waals surface area contributed by atoms with Crippen LogP contribution in [0.2, 0.25) is 0 Å². The molecule has 0 aliphatic rings. The molecule has 5 heteroatoms. The number of aromatic nitrogens is 1. The molecule has 0 aromatic carbocycles. The van der Waals surface area contributed by atoms with Crippen molar-refractivity contribution in [1.29, 1.82) is 0 Å². The Labute approximate surface area is 102 Å². The van der Waals surface area contributed by atoms with Crippen molar-refractivity contribution >= 4 is 44.2 Å². The third-order valence-electron chi connectivity index (χ3n) is 2.14. The third kappa shape index (κ3) is 3.14. The first-order valence-electron chi connectivity index (χ1n) is 4.51.